The van der Waals surface area contributed by atoms with Crippen LogP contribution in [0, 0.1) is 40.4 Å². The number of fused-ring (bicyclic) bond motifs is 5. The van der Waals surface area contributed by atoms with Gasteiger partial charge in [0.15, 0.2) is 5.78 Å². The Morgan fingerprint density at radius 2 is 1.87 bits per heavy atom. The van der Waals surface area contributed by atoms with Gasteiger partial charge < -0.3 is 10.6 Å². The summed E-state index contributed by atoms with van der Waals surface area (Å²) in [5.74, 6) is 2.38. The van der Waals surface area contributed by atoms with Crippen molar-refractivity contribution >= 4 is 17.5 Å². The minimum absolute atomic E-state index is 0.0355. The fraction of sp³-hybridized carbons (Fsp3) is 0.808. The molecule has 0 saturated heterocycles. The summed E-state index contributed by atoms with van der Waals surface area (Å²) < 4.78 is 0. The maximum Gasteiger partial charge on any atom is 0.351 e. The van der Waals surface area contributed by atoms with Crippen LogP contribution in [0.2, 0.25) is 0 Å². The normalized spacial score (nSPS) is 41.2. The van der Waals surface area contributed by atoms with E-state index in [0.717, 1.165) is 30.9 Å². The first kappa shape index (κ1) is 22.7. The van der Waals surface area contributed by atoms with Gasteiger partial charge in [0.25, 0.3) is 0 Å². The summed E-state index contributed by atoms with van der Waals surface area (Å²) >= 11 is 0. The van der Waals surface area contributed by atoms with Crippen molar-refractivity contribution in [3.8, 4) is 0 Å². The smallest absolute Gasteiger partial charge is 0.318 e. The Morgan fingerprint density at radius 3 is 2.58 bits per heavy atom. The summed E-state index contributed by atoms with van der Waals surface area (Å²) in [5, 5.41) is 4.28. The van der Waals surface area contributed by atoms with Crippen molar-refractivity contribution in [3.63, 3.8) is 0 Å². The van der Waals surface area contributed by atoms with Crippen molar-refractivity contribution in [2.75, 3.05) is 0 Å². The first-order valence-electron chi connectivity index (χ1n) is 12.3. The molecule has 0 bridgehead atoms. The zero-order chi connectivity index (χ0) is 22.6. The van der Waals surface area contributed by atoms with E-state index in [4.69, 9.17) is 10.6 Å². The molecule has 0 aromatic carbocycles. The highest BCUT2D eigenvalue weighted by Crippen LogP contribution is 2.66. The summed E-state index contributed by atoms with van der Waals surface area (Å²) in [6.07, 6.45) is 10.8. The molecule has 3 saturated carbocycles. The molecular formula is C26H40N2O3. The maximum atomic E-state index is 12.2. The third-order valence-electron chi connectivity index (χ3n) is 9.74. The third kappa shape index (κ3) is 3.71. The topological polar surface area (TPSA) is 81.8 Å². The Balaban J connectivity index is 1.51. The Bertz CT molecular complexity index is 815. The number of ketones is 1. The average molecular weight is 429 g/mol. The summed E-state index contributed by atoms with van der Waals surface area (Å²) in [4.78, 5) is 29.4. The summed E-state index contributed by atoms with van der Waals surface area (Å²) in [6.45, 7) is 10.7. The van der Waals surface area contributed by atoms with Gasteiger partial charge >= 0.3 is 5.97 Å². The highest BCUT2D eigenvalue weighted by atomic mass is 16.7. The standard InChI is InChI=1S/C26H40N2O3/c1-15(2)23(27)24(30)31-28-16(3)20-8-9-21-19-7-6-17-14-18(29)10-12-25(17,4)22(19)11-13-26(20,21)5/h14-15,19-23H,6-13,27H2,1-5H3/t19-,20+,21-,22-,23-,25-,26+/m0/s1. The van der Waals surface area contributed by atoms with Crippen molar-refractivity contribution in [3.05, 3.63) is 11.6 Å². The highest BCUT2D eigenvalue weighted by molar-refractivity contribution is 5.91. The molecule has 4 aliphatic carbocycles. The van der Waals surface area contributed by atoms with E-state index in [-0.39, 0.29) is 16.7 Å². The van der Waals surface area contributed by atoms with Gasteiger partial charge in [-0.3, -0.25) is 4.79 Å². The van der Waals surface area contributed by atoms with Gasteiger partial charge in [-0.05, 0) is 92.4 Å². The SMILES string of the molecule is CC(=NOC(=O)[C@@H](N)C(C)C)[C@H]1CC[C@H]2[C@@H]3CCC4=CC(=O)CC[C@]4(C)[C@H]3CC[C@]12C. The van der Waals surface area contributed by atoms with E-state index in [2.05, 4.69) is 19.0 Å². The second-order valence-electron chi connectivity index (χ2n) is 11.6. The number of hydrogen-bond donors (Lipinski definition) is 1. The minimum Gasteiger partial charge on any atom is -0.318 e. The number of nitrogens with two attached hydrogens (primary N) is 1. The van der Waals surface area contributed by atoms with Crippen LogP contribution in [-0.2, 0) is 14.4 Å². The number of nitrogens with zero attached hydrogens (tertiary/aromatic N) is 1. The van der Waals surface area contributed by atoms with Crippen LogP contribution in [0.1, 0.15) is 86.0 Å². The second-order valence-corrected chi connectivity index (χ2v) is 11.6. The molecule has 5 nitrogen and oxygen atoms in total. The van der Waals surface area contributed by atoms with Crippen molar-refractivity contribution in [2.24, 2.45) is 51.3 Å². The van der Waals surface area contributed by atoms with Crippen LogP contribution in [0.15, 0.2) is 16.8 Å². The lowest BCUT2D eigenvalue weighted by Crippen LogP contribution is -2.51. The van der Waals surface area contributed by atoms with Gasteiger partial charge in [0.1, 0.15) is 6.04 Å². The molecule has 0 spiro atoms. The Hall–Kier alpha value is -1.49. The van der Waals surface area contributed by atoms with Crippen LogP contribution in [0.3, 0.4) is 0 Å². The number of oxime groups is 1. The predicted octanol–water partition coefficient (Wildman–Crippen LogP) is 5.04. The first-order valence-corrected chi connectivity index (χ1v) is 12.3. The molecule has 0 aliphatic heterocycles. The molecule has 0 amide bonds. The number of carbonyl (C=O) groups is 2. The quantitative estimate of drug-likeness (QED) is 0.386. The molecule has 0 aromatic heterocycles. The van der Waals surface area contributed by atoms with E-state index in [1.807, 2.05) is 26.8 Å². The van der Waals surface area contributed by atoms with E-state index in [9.17, 15) is 9.59 Å². The molecule has 7 atom stereocenters. The van der Waals surface area contributed by atoms with Crippen LogP contribution in [0.25, 0.3) is 0 Å². The molecule has 2 N–H and O–H groups in total. The average Bonchev–Trinajstić information content (AvgIpc) is 3.09. The second kappa shape index (κ2) is 8.13. The molecule has 5 heteroatoms. The van der Waals surface area contributed by atoms with Crippen molar-refractivity contribution in [2.45, 2.75) is 92.0 Å². The van der Waals surface area contributed by atoms with Crippen molar-refractivity contribution in [1.82, 2.24) is 0 Å². The van der Waals surface area contributed by atoms with Crippen LogP contribution >= 0.6 is 0 Å². The van der Waals surface area contributed by atoms with Gasteiger partial charge in [0, 0.05) is 12.3 Å². The predicted molar refractivity (Wildman–Crippen MR) is 122 cm³/mol. The van der Waals surface area contributed by atoms with E-state index < -0.39 is 12.0 Å². The number of rotatable bonds is 4. The molecule has 3 fully saturated rings. The maximum absolute atomic E-state index is 12.2. The Morgan fingerprint density at radius 1 is 1.13 bits per heavy atom. The van der Waals surface area contributed by atoms with E-state index >= 15 is 0 Å². The van der Waals surface area contributed by atoms with Gasteiger partial charge in [0.2, 0.25) is 0 Å². The van der Waals surface area contributed by atoms with E-state index in [1.165, 1.54) is 31.3 Å². The Kier molecular flexibility index (Phi) is 5.95. The monoisotopic (exact) mass is 428 g/mol. The molecule has 0 aromatic rings. The number of allylic oxidation sites excluding steroid dienone is 1. The number of carbonyl (C=O) groups excluding carboxylic acids is 2. The third-order valence-corrected chi connectivity index (χ3v) is 9.74. The van der Waals surface area contributed by atoms with Gasteiger partial charge in [0.05, 0.1) is 5.71 Å². The number of hydrogen-bond acceptors (Lipinski definition) is 5. The van der Waals surface area contributed by atoms with Gasteiger partial charge in [-0.25, -0.2) is 4.79 Å². The summed E-state index contributed by atoms with van der Waals surface area (Å²) in [6, 6.07) is -0.633. The molecule has 0 radical (unpaired) electrons. The molecule has 172 valence electrons. The fourth-order valence-electron chi connectivity index (χ4n) is 7.76. The Labute approximate surface area is 187 Å². The molecule has 0 heterocycles. The fourth-order valence-corrected chi connectivity index (χ4v) is 7.76. The lowest BCUT2D eigenvalue weighted by atomic mass is 9.46. The van der Waals surface area contributed by atoms with Crippen molar-refractivity contribution in [1.29, 1.82) is 0 Å². The van der Waals surface area contributed by atoms with Gasteiger partial charge in [-0.15, -0.1) is 0 Å². The minimum atomic E-state index is -0.633. The largest absolute Gasteiger partial charge is 0.351 e. The van der Waals surface area contributed by atoms with E-state index in [1.54, 1.807) is 0 Å². The zero-order valence-electron chi connectivity index (χ0n) is 19.9. The van der Waals surface area contributed by atoms with Crippen LogP contribution < -0.4 is 5.73 Å². The molecule has 4 rings (SSSR count). The summed E-state index contributed by atoms with van der Waals surface area (Å²) in [7, 11) is 0. The summed E-state index contributed by atoms with van der Waals surface area (Å²) in [5.41, 5.74) is 8.70. The molecular weight excluding hydrogens is 388 g/mol. The van der Waals surface area contributed by atoms with Crippen molar-refractivity contribution < 1.29 is 14.4 Å². The lowest BCUT2D eigenvalue weighted by Gasteiger charge is -2.58. The molecule has 0 unspecified atom stereocenters. The highest BCUT2D eigenvalue weighted by Gasteiger charge is 2.59. The van der Waals surface area contributed by atoms with Crippen LogP contribution in [-0.4, -0.2) is 23.5 Å². The van der Waals surface area contributed by atoms with Crippen LogP contribution in [0.5, 0.6) is 0 Å². The van der Waals surface area contributed by atoms with Gasteiger partial charge in [-0.2, -0.15) is 0 Å². The first-order chi connectivity index (χ1) is 14.6. The molecule has 31 heavy (non-hydrogen) atoms. The van der Waals surface area contributed by atoms with Gasteiger partial charge in [-0.1, -0.05) is 38.4 Å². The van der Waals surface area contributed by atoms with E-state index in [0.29, 0.717) is 30.0 Å². The zero-order valence-corrected chi connectivity index (χ0v) is 19.9. The molecule has 4 aliphatic rings. The van der Waals surface area contributed by atoms with Crippen LogP contribution in [0.4, 0.5) is 0 Å². The lowest BCUT2D eigenvalue weighted by molar-refractivity contribution is -0.146.